The molecule has 0 aliphatic rings. The van der Waals surface area contributed by atoms with Crippen LogP contribution in [-0.2, 0) is 6.61 Å². The molecule has 96 valence electrons. The summed E-state index contributed by atoms with van der Waals surface area (Å²) in [5.41, 5.74) is 3.74. The summed E-state index contributed by atoms with van der Waals surface area (Å²) < 4.78 is 6.93. The van der Waals surface area contributed by atoms with Gasteiger partial charge in [0.1, 0.15) is 12.4 Å². The molecular formula is C16H14BrNO. The molecule has 19 heavy (non-hydrogen) atoms. The average Bonchev–Trinajstić information content (AvgIpc) is 2.38. The molecule has 3 heteroatoms. The van der Waals surface area contributed by atoms with Crippen LogP contribution in [0, 0.1) is 25.2 Å². The van der Waals surface area contributed by atoms with Gasteiger partial charge in [0.05, 0.1) is 11.6 Å². The SMILES string of the molecule is Cc1cc(Br)cc(C)c1OCc1ccccc1C#N. The quantitative estimate of drug-likeness (QED) is 0.834. The molecule has 2 rings (SSSR count). The summed E-state index contributed by atoms with van der Waals surface area (Å²) in [6.07, 6.45) is 0. The van der Waals surface area contributed by atoms with Crippen LogP contribution in [0.2, 0.25) is 0 Å². The van der Waals surface area contributed by atoms with Crippen LogP contribution >= 0.6 is 15.9 Å². The molecule has 0 heterocycles. The normalized spacial score (nSPS) is 10.0. The van der Waals surface area contributed by atoms with E-state index in [2.05, 4.69) is 22.0 Å². The Morgan fingerprint density at radius 1 is 1.16 bits per heavy atom. The number of nitriles is 1. The van der Waals surface area contributed by atoms with E-state index in [4.69, 9.17) is 10.00 Å². The Kier molecular flexibility index (Phi) is 4.24. The minimum atomic E-state index is 0.410. The molecule has 0 aromatic heterocycles. The van der Waals surface area contributed by atoms with Gasteiger partial charge in [0.2, 0.25) is 0 Å². The Balaban J connectivity index is 2.22. The maximum Gasteiger partial charge on any atom is 0.125 e. The third-order valence-corrected chi connectivity index (χ3v) is 3.39. The highest BCUT2D eigenvalue weighted by molar-refractivity contribution is 9.10. The summed E-state index contributed by atoms with van der Waals surface area (Å²) >= 11 is 3.47. The van der Waals surface area contributed by atoms with Gasteiger partial charge in [-0.2, -0.15) is 5.26 Å². The first-order chi connectivity index (χ1) is 9.11. The van der Waals surface area contributed by atoms with Crippen molar-refractivity contribution in [2.75, 3.05) is 0 Å². The van der Waals surface area contributed by atoms with Gasteiger partial charge in [0, 0.05) is 10.0 Å². The standard InChI is InChI=1S/C16H14BrNO/c1-11-7-15(17)8-12(2)16(11)19-10-14-6-4-3-5-13(14)9-18/h3-8H,10H2,1-2H3. The predicted octanol–water partition coefficient (Wildman–Crippen LogP) is 4.52. The summed E-state index contributed by atoms with van der Waals surface area (Å²) in [6.45, 7) is 4.44. The van der Waals surface area contributed by atoms with Crippen molar-refractivity contribution >= 4 is 15.9 Å². The molecule has 2 aromatic rings. The molecule has 2 nitrogen and oxygen atoms in total. The van der Waals surface area contributed by atoms with Crippen LogP contribution in [0.15, 0.2) is 40.9 Å². The lowest BCUT2D eigenvalue weighted by Gasteiger charge is -2.13. The summed E-state index contributed by atoms with van der Waals surface area (Å²) in [5, 5.41) is 9.05. The molecule has 0 atom stereocenters. The minimum absolute atomic E-state index is 0.410. The summed E-state index contributed by atoms with van der Waals surface area (Å²) in [6, 6.07) is 13.7. The maximum absolute atomic E-state index is 9.05. The van der Waals surface area contributed by atoms with E-state index in [1.54, 1.807) is 6.07 Å². The molecule has 2 aromatic carbocycles. The van der Waals surface area contributed by atoms with Crippen LogP contribution in [0.25, 0.3) is 0 Å². The highest BCUT2D eigenvalue weighted by Gasteiger charge is 2.07. The van der Waals surface area contributed by atoms with Crippen molar-refractivity contribution in [3.8, 4) is 11.8 Å². The fourth-order valence-electron chi connectivity index (χ4n) is 2.03. The average molecular weight is 316 g/mol. The van der Waals surface area contributed by atoms with Crippen molar-refractivity contribution in [1.29, 1.82) is 5.26 Å². The van der Waals surface area contributed by atoms with Gasteiger partial charge < -0.3 is 4.74 Å². The number of hydrogen-bond donors (Lipinski definition) is 0. The van der Waals surface area contributed by atoms with E-state index in [1.807, 2.05) is 44.2 Å². The number of ether oxygens (including phenoxy) is 1. The van der Waals surface area contributed by atoms with Crippen molar-refractivity contribution in [2.24, 2.45) is 0 Å². The van der Waals surface area contributed by atoms with Crippen molar-refractivity contribution in [1.82, 2.24) is 0 Å². The van der Waals surface area contributed by atoms with Gasteiger partial charge in [-0.1, -0.05) is 34.1 Å². The summed E-state index contributed by atoms with van der Waals surface area (Å²) in [4.78, 5) is 0. The van der Waals surface area contributed by atoms with Crippen LogP contribution < -0.4 is 4.74 Å². The number of rotatable bonds is 3. The van der Waals surface area contributed by atoms with Gasteiger partial charge in [-0.25, -0.2) is 0 Å². The second-order valence-electron chi connectivity index (χ2n) is 4.43. The van der Waals surface area contributed by atoms with E-state index < -0.39 is 0 Å². The Labute approximate surface area is 121 Å². The first-order valence-electron chi connectivity index (χ1n) is 5.99. The molecule has 0 radical (unpaired) electrons. The third kappa shape index (κ3) is 3.15. The van der Waals surface area contributed by atoms with Gasteiger partial charge in [-0.15, -0.1) is 0 Å². The van der Waals surface area contributed by atoms with Crippen molar-refractivity contribution in [3.05, 3.63) is 63.1 Å². The van der Waals surface area contributed by atoms with Gasteiger partial charge in [0.15, 0.2) is 0 Å². The number of hydrogen-bond acceptors (Lipinski definition) is 2. The Bertz CT molecular complexity index is 620. The second-order valence-corrected chi connectivity index (χ2v) is 5.34. The zero-order valence-corrected chi connectivity index (χ0v) is 12.5. The van der Waals surface area contributed by atoms with E-state index in [9.17, 15) is 0 Å². The van der Waals surface area contributed by atoms with E-state index >= 15 is 0 Å². The lowest BCUT2D eigenvalue weighted by molar-refractivity contribution is 0.301. The molecule has 0 fully saturated rings. The first-order valence-corrected chi connectivity index (χ1v) is 6.78. The third-order valence-electron chi connectivity index (χ3n) is 2.93. The molecular weight excluding hydrogens is 302 g/mol. The topological polar surface area (TPSA) is 33.0 Å². The maximum atomic E-state index is 9.05. The number of halogens is 1. The first kappa shape index (κ1) is 13.6. The Morgan fingerprint density at radius 3 is 2.42 bits per heavy atom. The Hall–Kier alpha value is -1.79. The van der Waals surface area contributed by atoms with E-state index in [-0.39, 0.29) is 0 Å². The molecule has 0 saturated heterocycles. The van der Waals surface area contributed by atoms with Crippen LogP contribution in [0.5, 0.6) is 5.75 Å². The molecule has 0 aliphatic carbocycles. The number of aryl methyl sites for hydroxylation is 2. The van der Waals surface area contributed by atoms with Crippen LogP contribution in [0.4, 0.5) is 0 Å². The molecule has 0 N–H and O–H groups in total. The zero-order chi connectivity index (χ0) is 13.8. The number of benzene rings is 2. The van der Waals surface area contributed by atoms with Crippen LogP contribution in [0.1, 0.15) is 22.3 Å². The van der Waals surface area contributed by atoms with Crippen molar-refractivity contribution < 1.29 is 4.74 Å². The highest BCUT2D eigenvalue weighted by atomic mass is 79.9. The molecule has 0 unspecified atom stereocenters. The molecule has 0 bridgehead atoms. The highest BCUT2D eigenvalue weighted by Crippen LogP contribution is 2.28. The minimum Gasteiger partial charge on any atom is -0.488 e. The predicted molar refractivity (Wildman–Crippen MR) is 79.1 cm³/mol. The summed E-state index contributed by atoms with van der Waals surface area (Å²) in [5.74, 6) is 0.885. The zero-order valence-electron chi connectivity index (χ0n) is 10.9. The van der Waals surface area contributed by atoms with Gasteiger partial charge >= 0.3 is 0 Å². The molecule has 0 amide bonds. The molecule has 0 aliphatic heterocycles. The largest absolute Gasteiger partial charge is 0.488 e. The van der Waals surface area contributed by atoms with Crippen molar-refractivity contribution in [3.63, 3.8) is 0 Å². The van der Waals surface area contributed by atoms with Gasteiger partial charge in [-0.05, 0) is 43.2 Å². The summed E-state index contributed by atoms with van der Waals surface area (Å²) in [7, 11) is 0. The fourth-order valence-corrected chi connectivity index (χ4v) is 2.72. The van der Waals surface area contributed by atoms with Gasteiger partial charge in [-0.3, -0.25) is 0 Å². The van der Waals surface area contributed by atoms with Gasteiger partial charge in [0.25, 0.3) is 0 Å². The fraction of sp³-hybridized carbons (Fsp3) is 0.188. The van der Waals surface area contributed by atoms with E-state index in [0.717, 1.165) is 26.9 Å². The molecule has 0 spiro atoms. The monoisotopic (exact) mass is 315 g/mol. The lowest BCUT2D eigenvalue weighted by Crippen LogP contribution is -2.01. The lowest BCUT2D eigenvalue weighted by atomic mass is 10.1. The van der Waals surface area contributed by atoms with E-state index in [1.165, 1.54) is 0 Å². The second kappa shape index (κ2) is 5.90. The Morgan fingerprint density at radius 2 is 1.79 bits per heavy atom. The van der Waals surface area contributed by atoms with E-state index in [0.29, 0.717) is 12.2 Å². The van der Waals surface area contributed by atoms with Crippen LogP contribution in [0.3, 0.4) is 0 Å². The number of nitrogens with zero attached hydrogens (tertiary/aromatic N) is 1. The molecule has 0 saturated carbocycles. The smallest absolute Gasteiger partial charge is 0.125 e. The van der Waals surface area contributed by atoms with Crippen LogP contribution in [-0.4, -0.2) is 0 Å². The van der Waals surface area contributed by atoms with Crippen molar-refractivity contribution in [2.45, 2.75) is 20.5 Å².